The lowest BCUT2D eigenvalue weighted by Crippen LogP contribution is -2.46. The number of ether oxygens (including phenoxy) is 1. The molecule has 5 nitrogen and oxygen atoms in total. The molecule has 0 saturated carbocycles. The van der Waals surface area contributed by atoms with E-state index in [9.17, 15) is 9.59 Å². The second-order valence-electron chi connectivity index (χ2n) is 5.36. The summed E-state index contributed by atoms with van der Waals surface area (Å²) in [7, 11) is 1.75. The Morgan fingerprint density at radius 2 is 2.20 bits per heavy atom. The molecule has 2 amide bonds. The minimum absolute atomic E-state index is 0.0825. The van der Waals surface area contributed by atoms with Gasteiger partial charge in [0.2, 0.25) is 11.8 Å². The molecule has 0 unspecified atom stereocenters. The molecule has 0 aromatic heterocycles. The van der Waals surface area contributed by atoms with Crippen molar-refractivity contribution in [2.75, 3.05) is 20.2 Å². The van der Waals surface area contributed by atoms with Crippen molar-refractivity contribution in [1.29, 1.82) is 0 Å². The summed E-state index contributed by atoms with van der Waals surface area (Å²) in [6.07, 6.45) is 1.50. The molecule has 5 heteroatoms. The van der Waals surface area contributed by atoms with E-state index in [-0.39, 0.29) is 17.9 Å². The van der Waals surface area contributed by atoms with E-state index in [1.54, 1.807) is 11.9 Å². The maximum absolute atomic E-state index is 12.3. The Labute approximate surface area is 117 Å². The number of benzene rings is 1. The van der Waals surface area contributed by atoms with Gasteiger partial charge in [-0.15, -0.1) is 0 Å². The normalized spacial score (nSPS) is 25.1. The number of fused-ring (bicyclic) bond motifs is 1. The van der Waals surface area contributed by atoms with Crippen LogP contribution in [0.1, 0.15) is 24.4 Å². The predicted molar refractivity (Wildman–Crippen MR) is 73.2 cm³/mol. The highest BCUT2D eigenvalue weighted by Crippen LogP contribution is 2.32. The summed E-state index contributed by atoms with van der Waals surface area (Å²) in [6, 6.07) is 7.51. The number of para-hydroxylation sites is 1. The number of likely N-dealkylation sites (tertiary alicyclic amines) is 1. The topological polar surface area (TPSA) is 58.6 Å². The van der Waals surface area contributed by atoms with E-state index in [0.717, 1.165) is 24.3 Å². The number of carbonyl (C=O) groups excluding carboxylic acids is 2. The van der Waals surface area contributed by atoms with Crippen LogP contribution in [0, 0.1) is 5.92 Å². The van der Waals surface area contributed by atoms with Crippen molar-refractivity contribution < 1.29 is 14.3 Å². The van der Waals surface area contributed by atoms with Gasteiger partial charge in [0.15, 0.2) is 0 Å². The smallest absolute Gasteiger partial charge is 0.234 e. The van der Waals surface area contributed by atoms with Gasteiger partial charge in [0.1, 0.15) is 18.3 Å². The van der Waals surface area contributed by atoms with Crippen molar-refractivity contribution in [2.24, 2.45) is 5.92 Å². The highest BCUT2D eigenvalue weighted by molar-refractivity contribution is 6.00. The van der Waals surface area contributed by atoms with Crippen LogP contribution in [0.5, 0.6) is 5.75 Å². The number of hydrogen-bond acceptors (Lipinski definition) is 3. The fourth-order valence-electron chi connectivity index (χ4n) is 2.83. The first-order chi connectivity index (χ1) is 9.66. The maximum Gasteiger partial charge on any atom is 0.234 e. The van der Waals surface area contributed by atoms with E-state index in [4.69, 9.17) is 4.74 Å². The zero-order valence-corrected chi connectivity index (χ0v) is 11.5. The fraction of sp³-hybridized carbons (Fsp3) is 0.467. The SMILES string of the molecule is CN1CCC[C@H](C(=O)N[C@H]2COc3ccccc32)C1=O. The number of nitrogens with one attached hydrogen (secondary N) is 1. The molecule has 1 saturated heterocycles. The van der Waals surface area contributed by atoms with Crippen LogP contribution in [0.4, 0.5) is 0 Å². The predicted octanol–water partition coefficient (Wildman–Crippen LogP) is 1.10. The number of carbonyl (C=O) groups is 2. The van der Waals surface area contributed by atoms with Gasteiger partial charge in [-0.2, -0.15) is 0 Å². The lowest BCUT2D eigenvalue weighted by molar-refractivity contribution is -0.144. The Bertz CT molecular complexity index is 544. The molecule has 1 aromatic carbocycles. The molecule has 2 atom stereocenters. The van der Waals surface area contributed by atoms with Crippen LogP contribution >= 0.6 is 0 Å². The van der Waals surface area contributed by atoms with E-state index in [1.165, 1.54) is 0 Å². The monoisotopic (exact) mass is 274 g/mol. The average molecular weight is 274 g/mol. The fourth-order valence-corrected chi connectivity index (χ4v) is 2.83. The molecule has 0 bridgehead atoms. The van der Waals surface area contributed by atoms with E-state index in [0.29, 0.717) is 13.0 Å². The quantitative estimate of drug-likeness (QED) is 0.822. The first-order valence-corrected chi connectivity index (χ1v) is 6.94. The standard InChI is InChI=1S/C15H18N2O3/c1-17-8-4-6-11(15(17)19)14(18)16-12-9-20-13-7-3-2-5-10(12)13/h2-3,5,7,11-12H,4,6,8-9H2,1H3,(H,16,18)/t11-,12+/m1/s1. The number of amides is 2. The highest BCUT2D eigenvalue weighted by Gasteiger charge is 2.35. The van der Waals surface area contributed by atoms with E-state index >= 15 is 0 Å². The van der Waals surface area contributed by atoms with Crippen molar-refractivity contribution in [3.8, 4) is 5.75 Å². The van der Waals surface area contributed by atoms with Crippen LogP contribution in [0.3, 0.4) is 0 Å². The molecule has 2 aliphatic rings. The summed E-state index contributed by atoms with van der Waals surface area (Å²) in [5.74, 6) is -0.0146. The number of rotatable bonds is 2. The summed E-state index contributed by atoms with van der Waals surface area (Å²) in [5, 5.41) is 2.94. The first-order valence-electron chi connectivity index (χ1n) is 6.94. The molecule has 1 aromatic rings. The second kappa shape index (κ2) is 5.15. The summed E-state index contributed by atoms with van der Waals surface area (Å²) >= 11 is 0. The summed E-state index contributed by atoms with van der Waals surface area (Å²) in [5.41, 5.74) is 0.984. The molecular weight excluding hydrogens is 256 g/mol. The van der Waals surface area contributed by atoms with Crippen molar-refractivity contribution in [2.45, 2.75) is 18.9 Å². The van der Waals surface area contributed by atoms with Crippen molar-refractivity contribution >= 4 is 11.8 Å². The Morgan fingerprint density at radius 3 is 3.05 bits per heavy atom. The average Bonchev–Trinajstić information content (AvgIpc) is 2.85. The van der Waals surface area contributed by atoms with Gasteiger partial charge in [-0.3, -0.25) is 9.59 Å². The largest absolute Gasteiger partial charge is 0.491 e. The number of nitrogens with zero attached hydrogens (tertiary/aromatic N) is 1. The molecule has 106 valence electrons. The van der Waals surface area contributed by atoms with Crippen LogP contribution in [0.25, 0.3) is 0 Å². The zero-order chi connectivity index (χ0) is 14.1. The number of piperidine rings is 1. The van der Waals surface area contributed by atoms with Crippen molar-refractivity contribution in [3.63, 3.8) is 0 Å². The van der Waals surface area contributed by atoms with E-state index in [2.05, 4.69) is 5.32 Å². The van der Waals surface area contributed by atoms with Crippen LogP contribution in [-0.4, -0.2) is 36.9 Å². The molecule has 0 aliphatic carbocycles. The molecule has 3 rings (SSSR count). The lowest BCUT2D eigenvalue weighted by Gasteiger charge is -2.29. The first kappa shape index (κ1) is 13.0. The van der Waals surface area contributed by atoms with Crippen LogP contribution in [0.2, 0.25) is 0 Å². The molecule has 20 heavy (non-hydrogen) atoms. The van der Waals surface area contributed by atoms with Gasteiger partial charge in [0.05, 0.1) is 6.04 Å². The molecule has 2 aliphatic heterocycles. The molecule has 0 spiro atoms. The van der Waals surface area contributed by atoms with Gasteiger partial charge in [-0.05, 0) is 18.9 Å². The molecular formula is C15H18N2O3. The minimum Gasteiger partial charge on any atom is -0.491 e. The molecule has 1 fully saturated rings. The Kier molecular flexibility index (Phi) is 3.34. The van der Waals surface area contributed by atoms with Crippen LogP contribution in [-0.2, 0) is 9.59 Å². The van der Waals surface area contributed by atoms with Gasteiger partial charge in [-0.1, -0.05) is 18.2 Å². The third-order valence-corrected chi connectivity index (χ3v) is 3.99. The minimum atomic E-state index is -0.554. The summed E-state index contributed by atoms with van der Waals surface area (Å²) in [6.45, 7) is 1.17. The Hall–Kier alpha value is -2.04. The number of hydrogen-bond donors (Lipinski definition) is 1. The third kappa shape index (κ3) is 2.24. The van der Waals surface area contributed by atoms with Crippen LogP contribution < -0.4 is 10.1 Å². The van der Waals surface area contributed by atoms with Gasteiger partial charge in [0.25, 0.3) is 0 Å². The third-order valence-electron chi connectivity index (χ3n) is 3.99. The van der Waals surface area contributed by atoms with Gasteiger partial charge in [-0.25, -0.2) is 0 Å². The lowest BCUT2D eigenvalue weighted by atomic mass is 9.96. The summed E-state index contributed by atoms with van der Waals surface area (Å²) in [4.78, 5) is 26.0. The Morgan fingerprint density at radius 1 is 1.40 bits per heavy atom. The van der Waals surface area contributed by atoms with Crippen molar-refractivity contribution in [3.05, 3.63) is 29.8 Å². The maximum atomic E-state index is 12.3. The molecule has 0 radical (unpaired) electrons. The van der Waals surface area contributed by atoms with E-state index < -0.39 is 5.92 Å². The molecule has 1 N–H and O–H groups in total. The Balaban J connectivity index is 1.70. The van der Waals surface area contributed by atoms with Crippen LogP contribution in [0.15, 0.2) is 24.3 Å². The summed E-state index contributed by atoms with van der Waals surface area (Å²) < 4.78 is 5.54. The zero-order valence-electron chi connectivity index (χ0n) is 11.5. The van der Waals surface area contributed by atoms with Crippen molar-refractivity contribution in [1.82, 2.24) is 10.2 Å². The molecule has 2 heterocycles. The van der Waals surface area contributed by atoms with Gasteiger partial charge >= 0.3 is 0 Å². The van der Waals surface area contributed by atoms with Gasteiger partial charge < -0.3 is 15.0 Å². The highest BCUT2D eigenvalue weighted by atomic mass is 16.5. The van der Waals surface area contributed by atoms with Gasteiger partial charge in [0, 0.05) is 19.2 Å². The second-order valence-corrected chi connectivity index (χ2v) is 5.36. The van der Waals surface area contributed by atoms with E-state index in [1.807, 2.05) is 24.3 Å².